The highest BCUT2D eigenvalue weighted by atomic mass is 16.6. The Balaban J connectivity index is 1.65. The van der Waals surface area contributed by atoms with Crippen LogP contribution in [0.15, 0.2) is 91.0 Å². The summed E-state index contributed by atoms with van der Waals surface area (Å²) in [7, 11) is 6.13. The molecule has 5 N–H and O–H groups in total. The van der Waals surface area contributed by atoms with Crippen LogP contribution in [0.4, 0.5) is 0 Å². The van der Waals surface area contributed by atoms with E-state index in [0.29, 0.717) is 0 Å². The number of rotatable bonds is 19. The molecule has 0 bridgehead atoms. The van der Waals surface area contributed by atoms with Gasteiger partial charge >= 0.3 is 29.8 Å². The van der Waals surface area contributed by atoms with E-state index in [0.717, 1.165) is 78.9 Å². The van der Waals surface area contributed by atoms with Crippen LogP contribution in [0.25, 0.3) is 0 Å². The fourth-order valence-corrected chi connectivity index (χ4v) is 5.89. The molecule has 0 aromatic heterocycles. The molecule has 0 spiro atoms. The van der Waals surface area contributed by atoms with Crippen molar-refractivity contribution in [3.63, 3.8) is 0 Å². The average Bonchev–Trinajstić information content (AvgIpc) is 3.31. The standard InChI is InChI=1S/C45H42O20/c1-56-33-16-23(6-11-28(33)46)41(51)61-21-38(63-43(53)25-8-13-30(48)35(18-25)58-3)40(65-45(55)27-10-15-32(50)37(20-27)60-5)39(64-44(54)26-9-14-31(49)36(19-26)59-4)22-62-42(52)24-7-12-29(47)34(17-24)57-2/h6-20,38-40,46-50H,21-22H2,1-5H3/t38-,39+,40?. The van der Waals surface area contributed by atoms with Crippen molar-refractivity contribution in [3.05, 3.63) is 119 Å². The first-order chi connectivity index (χ1) is 31.1. The van der Waals surface area contributed by atoms with E-state index in [4.69, 9.17) is 47.4 Å². The van der Waals surface area contributed by atoms with Crippen molar-refractivity contribution in [1.82, 2.24) is 0 Å². The molecule has 0 aliphatic heterocycles. The van der Waals surface area contributed by atoms with Gasteiger partial charge < -0.3 is 72.9 Å². The number of benzene rings is 5. The number of phenols is 5. The first-order valence-corrected chi connectivity index (χ1v) is 18.9. The molecule has 5 aromatic carbocycles. The van der Waals surface area contributed by atoms with E-state index in [1.54, 1.807) is 0 Å². The summed E-state index contributed by atoms with van der Waals surface area (Å²) in [5, 5.41) is 50.9. The zero-order chi connectivity index (χ0) is 47.4. The molecular weight excluding hydrogens is 860 g/mol. The van der Waals surface area contributed by atoms with Crippen LogP contribution < -0.4 is 23.7 Å². The third-order valence-corrected chi connectivity index (χ3v) is 9.33. The lowest BCUT2D eigenvalue weighted by molar-refractivity contribution is -0.112. The van der Waals surface area contributed by atoms with Gasteiger partial charge in [0.05, 0.1) is 63.4 Å². The maximum atomic E-state index is 14.1. The lowest BCUT2D eigenvalue weighted by atomic mass is 10.1. The summed E-state index contributed by atoms with van der Waals surface area (Å²) >= 11 is 0. The molecule has 65 heavy (non-hydrogen) atoms. The van der Waals surface area contributed by atoms with Crippen LogP contribution in [0.2, 0.25) is 0 Å². The fourth-order valence-electron chi connectivity index (χ4n) is 5.89. The molecule has 0 saturated carbocycles. The Morgan fingerprint density at radius 3 is 0.846 bits per heavy atom. The van der Waals surface area contributed by atoms with E-state index in [1.165, 1.54) is 47.7 Å². The maximum absolute atomic E-state index is 14.1. The number of aromatic hydroxyl groups is 5. The lowest BCUT2D eigenvalue weighted by Gasteiger charge is -2.32. The zero-order valence-electron chi connectivity index (χ0n) is 35.2. The Morgan fingerprint density at radius 2 is 0.600 bits per heavy atom. The topological polar surface area (TPSA) is 279 Å². The van der Waals surface area contributed by atoms with Crippen molar-refractivity contribution < 1.29 is 96.9 Å². The summed E-state index contributed by atoms with van der Waals surface area (Å²) in [5.41, 5.74) is -1.09. The van der Waals surface area contributed by atoms with Gasteiger partial charge in [0, 0.05) is 0 Å². The van der Waals surface area contributed by atoms with Gasteiger partial charge in [-0.1, -0.05) is 0 Å². The van der Waals surface area contributed by atoms with E-state index in [1.807, 2.05) is 0 Å². The number of carbonyl (C=O) groups excluding carboxylic acids is 5. The van der Waals surface area contributed by atoms with Crippen LogP contribution in [0, 0.1) is 0 Å². The summed E-state index contributed by atoms with van der Waals surface area (Å²) in [4.78, 5) is 69.1. The van der Waals surface area contributed by atoms with Crippen molar-refractivity contribution in [3.8, 4) is 57.5 Å². The molecule has 1 unspecified atom stereocenters. The molecule has 20 heteroatoms. The number of hydrogen-bond donors (Lipinski definition) is 5. The number of esters is 5. The predicted molar refractivity (Wildman–Crippen MR) is 221 cm³/mol. The van der Waals surface area contributed by atoms with Crippen molar-refractivity contribution in [2.75, 3.05) is 48.8 Å². The second kappa shape index (κ2) is 21.5. The average molecular weight is 903 g/mol. The highest BCUT2D eigenvalue weighted by Gasteiger charge is 2.41. The summed E-state index contributed by atoms with van der Waals surface area (Å²) in [6.07, 6.45) is -6.04. The monoisotopic (exact) mass is 902 g/mol. The minimum Gasteiger partial charge on any atom is -0.504 e. The second-order valence-corrected chi connectivity index (χ2v) is 13.4. The largest absolute Gasteiger partial charge is 0.504 e. The number of methoxy groups -OCH3 is 5. The Bertz CT molecular complexity index is 2410. The van der Waals surface area contributed by atoms with E-state index >= 15 is 0 Å². The van der Waals surface area contributed by atoms with Gasteiger partial charge in [-0.25, -0.2) is 24.0 Å². The van der Waals surface area contributed by atoms with Gasteiger partial charge in [-0.3, -0.25) is 0 Å². The molecule has 0 fully saturated rings. The second-order valence-electron chi connectivity index (χ2n) is 13.4. The van der Waals surface area contributed by atoms with Gasteiger partial charge in [0.25, 0.3) is 0 Å². The number of ether oxygens (including phenoxy) is 10. The van der Waals surface area contributed by atoms with Crippen molar-refractivity contribution in [2.45, 2.75) is 18.3 Å². The highest BCUT2D eigenvalue weighted by Crippen LogP contribution is 2.32. The van der Waals surface area contributed by atoms with Crippen LogP contribution in [-0.2, 0) is 23.7 Å². The van der Waals surface area contributed by atoms with Crippen LogP contribution in [0.1, 0.15) is 51.8 Å². The predicted octanol–water partition coefficient (Wildman–Crippen LogP) is 4.95. The van der Waals surface area contributed by atoms with Gasteiger partial charge in [0.1, 0.15) is 13.2 Å². The van der Waals surface area contributed by atoms with Crippen LogP contribution >= 0.6 is 0 Å². The fraction of sp³-hybridized carbons (Fsp3) is 0.222. The van der Waals surface area contributed by atoms with Gasteiger partial charge in [-0.2, -0.15) is 0 Å². The quantitative estimate of drug-likeness (QED) is 0.0541. The van der Waals surface area contributed by atoms with Crippen molar-refractivity contribution in [2.24, 2.45) is 0 Å². The van der Waals surface area contributed by atoms with Gasteiger partial charge in [0.2, 0.25) is 0 Å². The summed E-state index contributed by atoms with van der Waals surface area (Å²) in [5.74, 6) is -8.12. The van der Waals surface area contributed by atoms with E-state index in [-0.39, 0.29) is 85.3 Å². The van der Waals surface area contributed by atoms with Crippen LogP contribution in [-0.4, -0.2) is 122 Å². The summed E-state index contributed by atoms with van der Waals surface area (Å²) in [6.45, 7) is -1.96. The van der Waals surface area contributed by atoms with Crippen molar-refractivity contribution >= 4 is 29.8 Å². The maximum Gasteiger partial charge on any atom is 0.338 e. The summed E-state index contributed by atoms with van der Waals surface area (Å²) in [6, 6.07) is 17.1. The van der Waals surface area contributed by atoms with E-state index < -0.39 is 61.4 Å². The first-order valence-electron chi connectivity index (χ1n) is 18.9. The Kier molecular flexibility index (Phi) is 15.7. The third-order valence-electron chi connectivity index (χ3n) is 9.33. The van der Waals surface area contributed by atoms with E-state index in [2.05, 4.69) is 0 Å². The Morgan fingerprint density at radius 1 is 0.369 bits per heavy atom. The lowest BCUT2D eigenvalue weighted by Crippen LogP contribution is -2.50. The number of carbonyl (C=O) groups is 5. The molecule has 20 nitrogen and oxygen atoms in total. The van der Waals surface area contributed by atoms with Crippen LogP contribution in [0.5, 0.6) is 57.5 Å². The summed E-state index contributed by atoms with van der Waals surface area (Å²) < 4.78 is 54.4. The minimum absolute atomic E-state index is 0.106. The SMILES string of the molecule is COc1cc(C(=O)OC[C@H](OC(=O)c2ccc(O)c(OC)c2)C(OC(=O)c2ccc(O)c(OC)c2)[C@@H](COC(=O)c2ccc(O)c(OC)c2)OC(=O)c2ccc(O)c(OC)c2)ccc1O. The zero-order valence-corrected chi connectivity index (χ0v) is 35.2. The van der Waals surface area contributed by atoms with Gasteiger partial charge in [-0.05, 0) is 91.0 Å². The first kappa shape index (κ1) is 47.5. The Hall–Kier alpha value is -8.55. The molecule has 0 heterocycles. The molecule has 342 valence electrons. The molecule has 0 aliphatic carbocycles. The molecule has 0 amide bonds. The molecule has 0 aliphatic rings. The molecule has 5 aromatic rings. The minimum atomic E-state index is -2.09. The van der Waals surface area contributed by atoms with Gasteiger partial charge in [-0.15, -0.1) is 0 Å². The van der Waals surface area contributed by atoms with Gasteiger partial charge in [0.15, 0.2) is 75.8 Å². The normalized spacial score (nSPS) is 12.0. The third kappa shape index (κ3) is 11.7. The van der Waals surface area contributed by atoms with E-state index in [9.17, 15) is 49.5 Å². The molecule has 5 rings (SSSR count). The Labute approximate surface area is 369 Å². The van der Waals surface area contributed by atoms with Crippen LogP contribution in [0.3, 0.4) is 0 Å². The molecule has 0 radical (unpaired) electrons. The highest BCUT2D eigenvalue weighted by molar-refractivity contribution is 5.93. The molecule has 3 atom stereocenters. The smallest absolute Gasteiger partial charge is 0.338 e. The molecular formula is C45H42O20. The number of hydrogen-bond acceptors (Lipinski definition) is 20. The molecule has 0 saturated heterocycles. The van der Waals surface area contributed by atoms with Crippen molar-refractivity contribution in [1.29, 1.82) is 0 Å². The number of phenolic OH excluding ortho intramolecular Hbond substituents is 5.